The average Bonchev–Trinajstić information content (AvgIpc) is 1.35. The zero-order chi connectivity index (χ0) is 5.21. The first-order valence-corrected chi connectivity index (χ1v) is 1.94. The van der Waals surface area contributed by atoms with Crippen molar-refractivity contribution in [3.05, 3.63) is 0 Å². The summed E-state index contributed by atoms with van der Waals surface area (Å²) in [6.07, 6.45) is 0. The maximum absolute atomic E-state index is 12.0. The van der Waals surface area contributed by atoms with Crippen molar-refractivity contribution >= 4 is 0 Å². The Morgan fingerprint density at radius 2 is 1.67 bits per heavy atom. The Balaban J connectivity index is 3.17. The smallest absolute Gasteiger partial charge is 0.155 e. The van der Waals surface area contributed by atoms with Crippen LogP contribution in [0.5, 0.6) is 0 Å². The zero-order valence-corrected chi connectivity index (χ0v) is 4.38. The first-order valence-electron chi connectivity index (χ1n) is 1.94. The molecular weight excluding hydrogens is 81.0 g/mol. The fourth-order valence-electron chi connectivity index (χ4n) is 0. The van der Waals surface area contributed by atoms with Gasteiger partial charge >= 0.3 is 0 Å². The molecule has 1 nitrogen and oxygen atoms in total. The Morgan fingerprint density at radius 3 is 1.67 bits per heavy atom. The minimum absolute atomic E-state index is 1.21. The Bertz CT molecular complexity index is 37.3. The molecule has 0 aliphatic carbocycles. The van der Waals surface area contributed by atoms with Crippen molar-refractivity contribution in [3.63, 3.8) is 0 Å². The van der Waals surface area contributed by atoms with Gasteiger partial charge in [-0.15, -0.1) is 0 Å². The second-order valence-electron chi connectivity index (χ2n) is 1.72. The summed E-state index contributed by atoms with van der Waals surface area (Å²) in [5, 5.41) is 2.44. The molecule has 38 valence electrons. The van der Waals surface area contributed by atoms with Crippen molar-refractivity contribution in [3.8, 4) is 0 Å². The van der Waals surface area contributed by atoms with Crippen LogP contribution in [0.2, 0.25) is 0 Å². The topological polar surface area (TPSA) is 12.0 Å². The Kier molecular flexibility index (Phi) is 1.53. The van der Waals surface area contributed by atoms with Crippen LogP contribution in [0.1, 0.15) is 13.8 Å². The number of alkyl halides is 1. The second kappa shape index (κ2) is 1.56. The standard InChI is InChI=1S/C4H10FN/c1-4(2,5)6-3/h6H,1-3H3. The fourth-order valence-corrected chi connectivity index (χ4v) is 0. The molecule has 0 atom stereocenters. The Labute approximate surface area is 37.5 Å². The summed E-state index contributed by atoms with van der Waals surface area (Å²) >= 11 is 0. The molecule has 0 fully saturated rings. The third kappa shape index (κ3) is 3.89. The Morgan fingerprint density at radius 1 is 1.50 bits per heavy atom. The fraction of sp³-hybridized carbons (Fsp3) is 1.00. The molecule has 6 heavy (non-hydrogen) atoms. The van der Waals surface area contributed by atoms with Crippen LogP contribution in [0, 0.1) is 0 Å². The summed E-state index contributed by atoms with van der Waals surface area (Å²) in [6.45, 7) is 2.93. The van der Waals surface area contributed by atoms with Crippen LogP contribution in [0.15, 0.2) is 0 Å². The van der Waals surface area contributed by atoms with E-state index in [2.05, 4.69) is 5.32 Å². The Hall–Kier alpha value is -0.110. The van der Waals surface area contributed by atoms with Crippen LogP contribution < -0.4 is 5.32 Å². The number of hydrogen-bond donors (Lipinski definition) is 1. The van der Waals surface area contributed by atoms with Crippen LogP contribution in [0.3, 0.4) is 0 Å². The van der Waals surface area contributed by atoms with Gasteiger partial charge in [0, 0.05) is 0 Å². The molecule has 0 aromatic heterocycles. The molecule has 0 unspecified atom stereocenters. The van der Waals surface area contributed by atoms with Crippen molar-refractivity contribution in [2.24, 2.45) is 0 Å². The zero-order valence-electron chi connectivity index (χ0n) is 4.38. The van der Waals surface area contributed by atoms with Crippen LogP contribution in [-0.2, 0) is 0 Å². The number of nitrogens with one attached hydrogen (secondary N) is 1. The van der Waals surface area contributed by atoms with Crippen LogP contribution >= 0.6 is 0 Å². The van der Waals surface area contributed by atoms with E-state index in [1.807, 2.05) is 0 Å². The maximum atomic E-state index is 12.0. The monoisotopic (exact) mass is 91.1 g/mol. The van der Waals surface area contributed by atoms with Crippen molar-refractivity contribution in [1.29, 1.82) is 0 Å². The highest BCUT2D eigenvalue weighted by Crippen LogP contribution is 1.98. The quantitative estimate of drug-likeness (QED) is 0.473. The lowest BCUT2D eigenvalue weighted by atomic mass is 10.4. The maximum Gasteiger partial charge on any atom is 0.155 e. The predicted molar refractivity (Wildman–Crippen MR) is 24.2 cm³/mol. The second-order valence-corrected chi connectivity index (χ2v) is 1.72. The van der Waals surface area contributed by atoms with Crippen molar-refractivity contribution in [1.82, 2.24) is 5.32 Å². The van der Waals surface area contributed by atoms with E-state index in [0.717, 1.165) is 0 Å². The van der Waals surface area contributed by atoms with Gasteiger partial charge in [-0.25, -0.2) is 4.39 Å². The summed E-state index contributed by atoms with van der Waals surface area (Å²) < 4.78 is 12.0. The molecule has 0 amide bonds. The molecule has 2 heteroatoms. The molecule has 0 aliphatic heterocycles. The largest absolute Gasteiger partial charge is 0.289 e. The average molecular weight is 91.1 g/mol. The first-order chi connectivity index (χ1) is 2.56. The minimum Gasteiger partial charge on any atom is -0.289 e. The molecule has 1 N–H and O–H groups in total. The third-order valence-corrected chi connectivity index (χ3v) is 0.594. The summed E-state index contributed by atoms with van der Waals surface area (Å²) in [5.74, 6) is -1.21. The number of hydrogen-bond acceptors (Lipinski definition) is 1. The van der Waals surface area contributed by atoms with Gasteiger partial charge in [0.1, 0.15) is 0 Å². The molecule has 0 heterocycles. The van der Waals surface area contributed by atoms with Gasteiger partial charge in [0.15, 0.2) is 5.79 Å². The van der Waals surface area contributed by atoms with Crippen LogP contribution in [0.4, 0.5) is 4.39 Å². The lowest BCUT2D eigenvalue weighted by molar-refractivity contribution is 0.178. The van der Waals surface area contributed by atoms with Gasteiger partial charge in [-0.1, -0.05) is 0 Å². The first kappa shape index (κ1) is 5.89. The highest BCUT2D eigenvalue weighted by molar-refractivity contribution is 4.55. The normalized spacial score (nSPS) is 12.0. The number of rotatable bonds is 1. The molecular formula is C4H10FN. The SMILES string of the molecule is CNC(C)(C)F. The van der Waals surface area contributed by atoms with E-state index in [0.29, 0.717) is 0 Å². The van der Waals surface area contributed by atoms with Crippen LogP contribution in [0.25, 0.3) is 0 Å². The summed E-state index contributed by atoms with van der Waals surface area (Å²) in [6, 6.07) is 0. The van der Waals surface area contributed by atoms with E-state index in [1.54, 1.807) is 7.05 Å². The van der Waals surface area contributed by atoms with Gasteiger partial charge in [0.05, 0.1) is 0 Å². The van der Waals surface area contributed by atoms with Gasteiger partial charge in [0.25, 0.3) is 0 Å². The van der Waals surface area contributed by atoms with E-state index in [1.165, 1.54) is 13.8 Å². The van der Waals surface area contributed by atoms with E-state index in [4.69, 9.17) is 0 Å². The van der Waals surface area contributed by atoms with Gasteiger partial charge in [0.2, 0.25) is 0 Å². The van der Waals surface area contributed by atoms with Gasteiger partial charge in [-0.05, 0) is 20.9 Å². The van der Waals surface area contributed by atoms with E-state index in [9.17, 15) is 4.39 Å². The molecule has 0 aliphatic rings. The summed E-state index contributed by atoms with van der Waals surface area (Å²) in [4.78, 5) is 0. The van der Waals surface area contributed by atoms with Gasteiger partial charge < -0.3 is 0 Å². The highest BCUT2D eigenvalue weighted by Gasteiger charge is 2.08. The van der Waals surface area contributed by atoms with Crippen LogP contribution in [-0.4, -0.2) is 12.8 Å². The van der Waals surface area contributed by atoms with Crippen molar-refractivity contribution < 1.29 is 4.39 Å². The van der Waals surface area contributed by atoms with E-state index >= 15 is 0 Å². The molecule has 0 aromatic carbocycles. The van der Waals surface area contributed by atoms with E-state index in [-0.39, 0.29) is 0 Å². The molecule has 0 spiro atoms. The van der Waals surface area contributed by atoms with Gasteiger partial charge in [-0.2, -0.15) is 0 Å². The van der Waals surface area contributed by atoms with Crippen molar-refractivity contribution in [2.45, 2.75) is 19.6 Å². The summed E-state index contributed by atoms with van der Waals surface area (Å²) in [7, 11) is 1.58. The lowest BCUT2D eigenvalue weighted by Gasteiger charge is -2.09. The predicted octanol–water partition coefficient (Wildman–Crippen LogP) is 0.911. The van der Waals surface area contributed by atoms with Gasteiger partial charge in [-0.3, -0.25) is 5.32 Å². The minimum atomic E-state index is -1.21. The summed E-state index contributed by atoms with van der Waals surface area (Å²) in [5.41, 5.74) is 0. The molecule has 0 bridgehead atoms. The molecule has 0 aromatic rings. The molecule has 0 rings (SSSR count). The third-order valence-electron chi connectivity index (χ3n) is 0.594. The molecule has 0 saturated heterocycles. The number of halogens is 1. The highest BCUT2D eigenvalue weighted by atomic mass is 19.1. The molecule has 0 saturated carbocycles. The lowest BCUT2D eigenvalue weighted by Crippen LogP contribution is -2.29. The molecule has 0 radical (unpaired) electrons. The van der Waals surface area contributed by atoms with E-state index < -0.39 is 5.79 Å². The van der Waals surface area contributed by atoms with Crippen molar-refractivity contribution in [2.75, 3.05) is 7.05 Å².